The van der Waals surface area contributed by atoms with Crippen molar-refractivity contribution in [2.45, 2.75) is 32.8 Å². The fourth-order valence-electron chi connectivity index (χ4n) is 1.84. The van der Waals surface area contributed by atoms with Crippen LogP contribution in [0.3, 0.4) is 0 Å². The predicted octanol–water partition coefficient (Wildman–Crippen LogP) is 2.81. The number of aliphatic carboxylic acids is 1. The first kappa shape index (κ1) is 17.8. The summed E-state index contributed by atoms with van der Waals surface area (Å²) < 4.78 is 5.60. The molecule has 1 amide bonds. The molecule has 0 aromatic heterocycles. The number of ether oxygens (including phenoxy) is 1. The molecule has 120 valence electrons. The van der Waals surface area contributed by atoms with Crippen molar-refractivity contribution in [3.63, 3.8) is 0 Å². The van der Waals surface area contributed by atoms with Crippen LogP contribution in [0.25, 0.3) is 6.08 Å². The van der Waals surface area contributed by atoms with Crippen molar-refractivity contribution in [2.75, 3.05) is 13.6 Å². The lowest BCUT2D eigenvalue weighted by atomic mass is 10.2. The predicted molar refractivity (Wildman–Crippen MR) is 85.7 cm³/mol. The molecular weight excluding hydrogens is 282 g/mol. The molecule has 1 N–H and O–H groups in total. The largest absolute Gasteiger partial charge is 0.491 e. The van der Waals surface area contributed by atoms with Crippen molar-refractivity contribution in [2.24, 2.45) is 0 Å². The van der Waals surface area contributed by atoms with Crippen LogP contribution in [0.1, 0.15) is 32.3 Å². The molecule has 0 unspecified atom stereocenters. The summed E-state index contributed by atoms with van der Waals surface area (Å²) in [4.78, 5) is 23.9. The third-order valence-electron chi connectivity index (χ3n) is 2.91. The molecule has 5 heteroatoms. The van der Waals surface area contributed by atoms with Crippen LogP contribution in [0.15, 0.2) is 30.3 Å². The van der Waals surface area contributed by atoms with Crippen LogP contribution in [0.4, 0.5) is 0 Å². The van der Waals surface area contributed by atoms with E-state index in [1.54, 1.807) is 13.1 Å². The number of carboxylic acids is 1. The number of carbonyl (C=O) groups excluding carboxylic acids is 1. The van der Waals surface area contributed by atoms with E-state index in [-0.39, 0.29) is 18.4 Å². The minimum absolute atomic E-state index is 0.0654. The van der Waals surface area contributed by atoms with E-state index in [0.29, 0.717) is 13.0 Å². The molecule has 0 heterocycles. The number of likely N-dealkylation sites (N-methyl/N-ethyl adjacent to an activating group) is 1. The maximum Gasteiger partial charge on any atom is 0.303 e. The Kier molecular flexibility index (Phi) is 7.16. The molecule has 0 saturated carbocycles. The van der Waals surface area contributed by atoms with Crippen molar-refractivity contribution in [3.8, 4) is 5.75 Å². The Hall–Kier alpha value is -2.30. The third-order valence-corrected chi connectivity index (χ3v) is 2.91. The van der Waals surface area contributed by atoms with E-state index in [9.17, 15) is 9.59 Å². The lowest BCUT2D eigenvalue weighted by Gasteiger charge is -2.14. The normalized spacial score (nSPS) is 10.9. The van der Waals surface area contributed by atoms with Gasteiger partial charge in [-0.25, -0.2) is 0 Å². The first-order valence-corrected chi connectivity index (χ1v) is 7.30. The van der Waals surface area contributed by atoms with Crippen molar-refractivity contribution in [1.82, 2.24) is 4.90 Å². The summed E-state index contributed by atoms with van der Waals surface area (Å²) in [5, 5.41) is 8.58. The van der Waals surface area contributed by atoms with Gasteiger partial charge in [-0.05, 0) is 44.0 Å². The van der Waals surface area contributed by atoms with Gasteiger partial charge < -0.3 is 14.7 Å². The monoisotopic (exact) mass is 305 g/mol. The van der Waals surface area contributed by atoms with E-state index < -0.39 is 5.97 Å². The Balaban J connectivity index is 2.55. The Morgan fingerprint density at radius 1 is 1.36 bits per heavy atom. The van der Waals surface area contributed by atoms with Crippen LogP contribution >= 0.6 is 0 Å². The zero-order chi connectivity index (χ0) is 16.5. The molecule has 0 atom stereocenters. The summed E-state index contributed by atoms with van der Waals surface area (Å²) in [5.41, 5.74) is 0.880. The molecule has 1 aromatic rings. The number of amides is 1. The van der Waals surface area contributed by atoms with Crippen molar-refractivity contribution < 1.29 is 19.4 Å². The summed E-state index contributed by atoms with van der Waals surface area (Å²) in [6.45, 7) is 4.34. The highest BCUT2D eigenvalue weighted by atomic mass is 16.5. The summed E-state index contributed by atoms with van der Waals surface area (Å²) in [6.07, 6.45) is 3.82. The highest BCUT2D eigenvalue weighted by Gasteiger charge is 2.06. The van der Waals surface area contributed by atoms with Gasteiger partial charge in [0.15, 0.2) is 0 Å². The molecule has 0 bridgehead atoms. The molecule has 1 aromatic carbocycles. The minimum Gasteiger partial charge on any atom is -0.491 e. The van der Waals surface area contributed by atoms with Crippen LogP contribution < -0.4 is 4.74 Å². The van der Waals surface area contributed by atoms with Gasteiger partial charge in [0.1, 0.15) is 5.75 Å². The minimum atomic E-state index is -0.849. The van der Waals surface area contributed by atoms with E-state index in [4.69, 9.17) is 9.84 Å². The molecule has 0 radical (unpaired) electrons. The van der Waals surface area contributed by atoms with Crippen LogP contribution in [0, 0.1) is 0 Å². The number of rotatable bonds is 8. The average Bonchev–Trinajstić information content (AvgIpc) is 2.44. The van der Waals surface area contributed by atoms with Gasteiger partial charge in [-0.2, -0.15) is 0 Å². The van der Waals surface area contributed by atoms with Crippen molar-refractivity contribution in [1.29, 1.82) is 0 Å². The molecule has 0 aliphatic carbocycles. The van der Waals surface area contributed by atoms with Gasteiger partial charge in [-0.15, -0.1) is 0 Å². The second kappa shape index (κ2) is 8.87. The molecule has 5 nitrogen and oxygen atoms in total. The maximum absolute atomic E-state index is 11.9. The van der Waals surface area contributed by atoms with Crippen LogP contribution in [0.2, 0.25) is 0 Å². The topological polar surface area (TPSA) is 66.8 Å². The zero-order valence-corrected chi connectivity index (χ0v) is 13.3. The van der Waals surface area contributed by atoms with Crippen molar-refractivity contribution >= 4 is 18.0 Å². The van der Waals surface area contributed by atoms with Gasteiger partial charge in [0, 0.05) is 26.1 Å². The van der Waals surface area contributed by atoms with Gasteiger partial charge in [0.05, 0.1) is 6.10 Å². The molecule has 22 heavy (non-hydrogen) atoms. The summed E-state index contributed by atoms with van der Waals surface area (Å²) in [5.74, 6) is -0.238. The molecule has 0 aliphatic heterocycles. The van der Waals surface area contributed by atoms with Gasteiger partial charge in [0.25, 0.3) is 0 Å². The highest BCUT2D eigenvalue weighted by Crippen LogP contribution is 2.16. The number of hydrogen-bond acceptors (Lipinski definition) is 3. The zero-order valence-electron chi connectivity index (χ0n) is 13.3. The van der Waals surface area contributed by atoms with E-state index in [2.05, 4.69) is 0 Å². The smallest absolute Gasteiger partial charge is 0.303 e. The highest BCUT2D eigenvalue weighted by molar-refractivity contribution is 5.91. The van der Waals surface area contributed by atoms with E-state index in [1.807, 2.05) is 38.1 Å². The fraction of sp³-hybridized carbons (Fsp3) is 0.412. The summed E-state index contributed by atoms with van der Waals surface area (Å²) >= 11 is 0. The standard InChI is InChI=1S/C17H23NO4/c1-13(2)22-15-7-4-6-14(12-15)9-10-16(19)18(3)11-5-8-17(20)21/h4,6-7,9-10,12-13H,5,8,11H2,1-3H3,(H,20,21). The average molecular weight is 305 g/mol. The lowest BCUT2D eigenvalue weighted by Crippen LogP contribution is -2.26. The fourth-order valence-corrected chi connectivity index (χ4v) is 1.84. The molecule has 0 fully saturated rings. The second-order valence-corrected chi connectivity index (χ2v) is 5.33. The number of benzene rings is 1. The maximum atomic E-state index is 11.9. The summed E-state index contributed by atoms with van der Waals surface area (Å²) in [7, 11) is 1.66. The van der Waals surface area contributed by atoms with Crippen molar-refractivity contribution in [3.05, 3.63) is 35.9 Å². The first-order chi connectivity index (χ1) is 10.4. The van der Waals surface area contributed by atoms with Gasteiger partial charge in [0.2, 0.25) is 5.91 Å². The quantitative estimate of drug-likeness (QED) is 0.750. The second-order valence-electron chi connectivity index (χ2n) is 5.33. The van der Waals surface area contributed by atoms with Gasteiger partial charge in [-0.1, -0.05) is 12.1 Å². The Labute approximate surface area is 131 Å². The first-order valence-electron chi connectivity index (χ1n) is 7.30. The van der Waals surface area contributed by atoms with Crippen LogP contribution in [0.5, 0.6) is 5.75 Å². The van der Waals surface area contributed by atoms with Gasteiger partial charge in [-0.3, -0.25) is 9.59 Å². The van der Waals surface area contributed by atoms with Gasteiger partial charge >= 0.3 is 5.97 Å². The number of hydrogen-bond donors (Lipinski definition) is 1. The Morgan fingerprint density at radius 2 is 2.09 bits per heavy atom. The Morgan fingerprint density at radius 3 is 2.73 bits per heavy atom. The third kappa shape index (κ3) is 6.92. The SMILES string of the molecule is CC(C)Oc1cccc(C=CC(=O)N(C)CCCC(=O)O)c1. The number of carboxylic acid groups (broad SMARTS) is 1. The van der Waals surface area contributed by atoms with E-state index in [0.717, 1.165) is 11.3 Å². The lowest BCUT2D eigenvalue weighted by molar-refractivity contribution is -0.137. The molecule has 0 spiro atoms. The molecule has 0 aliphatic rings. The number of nitrogens with zero attached hydrogens (tertiary/aromatic N) is 1. The summed E-state index contributed by atoms with van der Waals surface area (Å²) in [6, 6.07) is 7.51. The van der Waals surface area contributed by atoms with E-state index in [1.165, 1.54) is 11.0 Å². The van der Waals surface area contributed by atoms with E-state index >= 15 is 0 Å². The van der Waals surface area contributed by atoms with Crippen LogP contribution in [-0.2, 0) is 9.59 Å². The number of carbonyl (C=O) groups is 2. The molecule has 1 rings (SSSR count). The Bertz CT molecular complexity index is 537. The van der Waals surface area contributed by atoms with Crippen LogP contribution in [-0.4, -0.2) is 41.6 Å². The molecular formula is C17H23NO4. The molecule has 0 saturated heterocycles.